The minimum atomic E-state index is -0.984. The molecular formula is C24H25ClN4O3. The molecule has 32 heavy (non-hydrogen) atoms. The number of halogens is 1. The monoisotopic (exact) mass is 452 g/mol. The molecule has 8 heteroatoms. The van der Waals surface area contributed by atoms with Gasteiger partial charge >= 0.3 is 6.09 Å². The predicted octanol–water partition coefficient (Wildman–Crippen LogP) is 5.33. The number of rotatable bonds is 3. The zero-order chi connectivity index (χ0) is 22.2. The van der Waals surface area contributed by atoms with Crippen molar-refractivity contribution in [2.24, 2.45) is 0 Å². The Balaban J connectivity index is 1.40. The molecule has 2 aromatic carbocycles. The first-order valence-corrected chi connectivity index (χ1v) is 11.3. The number of carbonyl (C=O) groups is 1. The Kier molecular flexibility index (Phi) is 5.51. The summed E-state index contributed by atoms with van der Waals surface area (Å²) in [7, 11) is 0. The Morgan fingerprint density at radius 1 is 1.09 bits per heavy atom. The summed E-state index contributed by atoms with van der Waals surface area (Å²) in [6.45, 7) is 2.53. The Morgan fingerprint density at radius 3 is 2.62 bits per heavy atom. The van der Waals surface area contributed by atoms with E-state index >= 15 is 0 Å². The maximum Gasteiger partial charge on any atom is 0.408 e. The zero-order valence-electron chi connectivity index (χ0n) is 17.9. The van der Waals surface area contributed by atoms with E-state index < -0.39 is 6.09 Å². The number of amides is 1. The van der Waals surface area contributed by atoms with E-state index in [1.165, 1.54) is 4.90 Å². The molecular weight excluding hydrogens is 428 g/mol. The molecule has 7 nitrogen and oxygen atoms in total. The van der Waals surface area contributed by atoms with Gasteiger partial charge in [0, 0.05) is 10.9 Å². The van der Waals surface area contributed by atoms with Crippen LogP contribution in [0.3, 0.4) is 0 Å². The molecule has 1 N–H and O–H groups in total. The fourth-order valence-electron chi connectivity index (χ4n) is 4.73. The number of benzene rings is 2. The molecule has 0 atom stereocenters. The summed E-state index contributed by atoms with van der Waals surface area (Å²) in [5.41, 5.74) is 2.92. The van der Waals surface area contributed by atoms with Crippen LogP contribution in [0.4, 0.5) is 4.79 Å². The van der Waals surface area contributed by atoms with E-state index in [0.717, 1.165) is 54.1 Å². The van der Waals surface area contributed by atoms with Crippen LogP contribution in [0, 0.1) is 6.92 Å². The predicted molar refractivity (Wildman–Crippen MR) is 120 cm³/mol. The second-order valence-corrected chi connectivity index (χ2v) is 9.01. The van der Waals surface area contributed by atoms with E-state index in [-0.39, 0.29) is 25.1 Å². The number of fused-ring (bicyclic) bond motifs is 3. The topological polar surface area (TPSA) is 80.5 Å². The highest BCUT2D eigenvalue weighted by Gasteiger charge is 2.32. The van der Waals surface area contributed by atoms with Gasteiger partial charge in [0.2, 0.25) is 0 Å². The minimum Gasteiger partial charge on any atom is -0.490 e. The van der Waals surface area contributed by atoms with Crippen molar-refractivity contribution >= 4 is 17.7 Å². The molecule has 2 aliphatic rings. The van der Waals surface area contributed by atoms with Gasteiger partial charge in [-0.2, -0.15) is 0 Å². The molecule has 0 saturated heterocycles. The molecule has 1 amide bonds. The van der Waals surface area contributed by atoms with Gasteiger partial charge in [-0.3, -0.25) is 9.47 Å². The van der Waals surface area contributed by atoms with Crippen molar-refractivity contribution < 1.29 is 14.6 Å². The summed E-state index contributed by atoms with van der Waals surface area (Å²) in [5.74, 6) is 2.73. The number of hydrogen-bond acceptors (Lipinski definition) is 4. The van der Waals surface area contributed by atoms with E-state index in [2.05, 4.69) is 23.2 Å². The first-order chi connectivity index (χ1) is 15.5. The summed E-state index contributed by atoms with van der Waals surface area (Å²) < 4.78 is 8.31. The van der Waals surface area contributed by atoms with Gasteiger partial charge in [-0.15, -0.1) is 10.2 Å². The van der Waals surface area contributed by atoms with Gasteiger partial charge in [0.25, 0.3) is 0 Å². The SMILES string of the molecule is Cc1ccccc1O[C@H]1CC[C@H](c2nnc3n2-c2ccc(Cl)cc2CN(C(=O)O)C3)CC1. The number of para-hydroxylation sites is 1. The third-order valence-corrected chi connectivity index (χ3v) is 6.66. The Morgan fingerprint density at radius 2 is 1.88 bits per heavy atom. The van der Waals surface area contributed by atoms with Crippen molar-refractivity contribution in [1.29, 1.82) is 0 Å². The zero-order valence-corrected chi connectivity index (χ0v) is 18.6. The Hall–Kier alpha value is -3.06. The summed E-state index contributed by atoms with van der Waals surface area (Å²) >= 11 is 6.22. The molecule has 1 aliphatic carbocycles. The van der Waals surface area contributed by atoms with Crippen molar-refractivity contribution in [3.8, 4) is 11.4 Å². The summed E-state index contributed by atoms with van der Waals surface area (Å²) in [6.07, 6.45) is 2.97. The number of ether oxygens (including phenoxy) is 1. The van der Waals surface area contributed by atoms with Gasteiger partial charge in [-0.05, 0) is 68.0 Å². The number of nitrogens with zero attached hydrogens (tertiary/aromatic N) is 4. The summed E-state index contributed by atoms with van der Waals surface area (Å²) in [5, 5.41) is 19.1. The van der Waals surface area contributed by atoms with Crippen LogP contribution in [0.1, 0.15) is 54.4 Å². The van der Waals surface area contributed by atoms with E-state index in [0.29, 0.717) is 10.8 Å². The van der Waals surface area contributed by atoms with Crippen molar-refractivity contribution in [1.82, 2.24) is 19.7 Å². The van der Waals surface area contributed by atoms with Crippen molar-refractivity contribution in [3.63, 3.8) is 0 Å². The Bertz CT molecular complexity index is 1150. The summed E-state index contributed by atoms with van der Waals surface area (Å²) in [4.78, 5) is 13.1. The third-order valence-electron chi connectivity index (χ3n) is 6.43. The molecule has 1 saturated carbocycles. The molecule has 3 aromatic rings. The lowest BCUT2D eigenvalue weighted by molar-refractivity contribution is 0.138. The second kappa shape index (κ2) is 8.47. The molecule has 5 rings (SSSR count). The lowest BCUT2D eigenvalue weighted by atomic mass is 9.86. The van der Waals surface area contributed by atoms with Crippen LogP contribution in [-0.4, -0.2) is 37.0 Å². The van der Waals surface area contributed by atoms with Gasteiger partial charge < -0.3 is 9.84 Å². The highest BCUT2D eigenvalue weighted by Crippen LogP contribution is 2.37. The van der Waals surface area contributed by atoms with Gasteiger partial charge in [0.1, 0.15) is 11.6 Å². The fourth-order valence-corrected chi connectivity index (χ4v) is 4.93. The first-order valence-electron chi connectivity index (χ1n) is 10.9. The number of aromatic nitrogens is 3. The Labute approximate surface area is 191 Å². The fraction of sp³-hybridized carbons (Fsp3) is 0.375. The molecule has 1 fully saturated rings. The minimum absolute atomic E-state index is 0.187. The quantitative estimate of drug-likeness (QED) is 0.581. The van der Waals surface area contributed by atoms with Crippen molar-refractivity contribution in [3.05, 3.63) is 70.3 Å². The van der Waals surface area contributed by atoms with Crippen LogP contribution >= 0.6 is 11.6 Å². The lowest BCUT2D eigenvalue weighted by Gasteiger charge is -2.29. The van der Waals surface area contributed by atoms with E-state index in [1.54, 1.807) is 0 Å². The largest absolute Gasteiger partial charge is 0.490 e. The van der Waals surface area contributed by atoms with E-state index in [9.17, 15) is 9.90 Å². The molecule has 2 heterocycles. The standard InChI is InChI=1S/C24H25ClN4O3/c1-15-4-2-3-5-21(15)32-19-9-6-16(7-10-19)23-27-26-22-14-28(24(30)31)13-17-12-18(25)8-11-20(17)29(22)23/h2-5,8,11-12,16,19H,6-7,9-10,13-14H2,1H3,(H,30,31)/t16-,19-. The normalized spacial score (nSPS) is 20.2. The molecule has 0 unspecified atom stereocenters. The van der Waals surface area contributed by atoms with Gasteiger partial charge in [0.05, 0.1) is 24.9 Å². The maximum atomic E-state index is 11.8. The number of carboxylic acid groups (broad SMARTS) is 1. The van der Waals surface area contributed by atoms with Gasteiger partial charge in [-0.1, -0.05) is 29.8 Å². The highest BCUT2D eigenvalue weighted by molar-refractivity contribution is 6.30. The van der Waals surface area contributed by atoms with Gasteiger partial charge in [0.15, 0.2) is 5.82 Å². The first kappa shape index (κ1) is 20.8. The van der Waals surface area contributed by atoms with Crippen molar-refractivity contribution in [2.75, 3.05) is 0 Å². The average Bonchev–Trinajstić information content (AvgIpc) is 3.11. The third kappa shape index (κ3) is 3.93. The lowest BCUT2D eigenvalue weighted by Crippen LogP contribution is -2.28. The van der Waals surface area contributed by atoms with Crippen molar-refractivity contribution in [2.45, 2.75) is 57.7 Å². The van der Waals surface area contributed by atoms with Crippen LogP contribution in [-0.2, 0) is 13.1 Å². The smallest absolute Gasteiger partial charge is 0.408 e. The molecule has 0 spiro atoms. The molecule has 0 radical (unpaired) electrons. The number of aryl methyl sites for hydroxylation is 1. The van der Waals surface area contributed by atoms with Crippen LogP contribution in [0.25, 0.3) is 5.69 Å². The maximum absolute atomic E-state index is 11.8. The highest BCUT2D eigenvalue weighted by atomic mass is 35.5. The van der Waals surface area contributed by atoms with Crippen LogP contribution < -0.4 is 4.74 Å². The van der Waals surface area contributed by atoms with Crippen LogP contribution in [0.5, 0.6) is 5.75 Å². The van der Waals surface area contributed by atoms with Gasteiger partial charge in [-0.25, -0.2) is 4.79 Å². The average molecular weight is 453 g/mol. The summed E-state index contributed by atoms with van der Waals surface area (Å²) in [6, 6.07) is 13.7. The molecule has 1 aromatic heterocycles. The second-order valence-electron chi connectivity index (χ2n) is 8.58. The van der Waals surface area contributed by atoms with E-state index in [1.807, 2.05) is 41.0 Å². The van der Waals surface area contributed by atoms with Crippen LogP contribution in [0.15, 0.2) is 42.5 Å². The number of hydrogen-bond donors (Lipinski definition) is 1. The molecule has 1 aliphatic heterocycles. The molecule has 0 bridgehead atoms. The van der Waals surface area contributed by atoms with E-state index in [4.69, 9.17) is 16.3 Å². The van der Waals surface area contributed by atoms with Crippen LogP contribution in [0.2, 0.25) is 5.02 Å². The molecule has 166 valence electrons.